The zero-order valence-corrected chi connectivity index (χ0v) is 54.6. The van der Waals surface area contributed by atoms with Crippen molar-refractivity contribution >= 4 is 30.1 Å². The van der Waals surface area contributed by atoms with E-state index in [9.17, 15) is 24.0 Å². The lowest BCUT2D eigenvalue weighted by molar-refractivity contribution is -0.155. The molecule has 0 N–H and O–H groups in total. The first-order valence-corrected chi connectivity index (χ1v) is 32.6. The van der Waals surface area contributed by atoms with Gasteiger partial charge in [0.1, 0.15) is 56.8 Å². The number of hydrogen-bond acceptors (Lipinski definition) is 16. The van der Waals surface area contributed by atoms with Gasteiger partial charge in [0.15, 0.2) is 0 Å². The summed E-state index contributed by atoms with van der Waals surface area (Å²) in [5.41, 5.74) is -1.64. The Morgan fingerprint density at radius 2 is 0.762 bits per heavy atom. The number of carbonyl (C=O) groups is 5. The Hall–Kier alpha value is -3.81. The summed E-state index contributed by atoms with van der Waals surface area (Å²) in [4.78, 5) is 65.8. The fourth-order valence-electron chi connectivity index (χ4n) is 8.44. The van der Waals surface area contributed by atoms with Crippen LogP contribution in [0.2, 0.25) is 0 Å². The third-order valence-electron chi connectivity index (χ3n) is 13.1. The molecule has 0 aromatic rings. The summed E-state index contributed by atoms with van der Waals surface area (Å²) in [6.07, 6.45) is 42.7. The Balaban J connectivity index is 4.60. The normalized spacial score (nSPS) is 12.2. The number of rotatable bonds is 58. The Bertz CT molecular complexity index is 1630. The summed E-state index contributed by atoms with van der Waals surface area (Å²) in [7, 11) is 1.47. The number of esters is 3. The summed E-state index contributed by atoms with van der Waals surface area (Å²) in [5, 5.41) is 0. The highest BCUT2D eigenvalue weighted by Crippen LogP contribution is 2.15. The van der Waals surface area contributed by atoms with Gasteiger partial charge in [0, 0.05) is 26.9 Å². The first-order chi connectivity index (χ1) is 40.5. The lowest BCUT2D eigenvalue weighted by Gasteiger charge is -2.27. The molecular weight excluding hydrogens is 1080 g/mol. The summed E-state index contributed by atoms with van der Waals surface area (Å²) in [6, 6.07) is 0. The number of hydrogen-bond donors (Lipinski definition) is 0. The first-order valence-electron chi connectivity index (χ1n) is 32.6. The predicted octanol–water partition coefficient (Wildman–Crippen LogP) is 14.3. The fourth-order valence-corrected chi connectivity index (χ4v) is 8.44. The summed E-state index contributed by atoms with van der Waals surface area (Å²) in [6.45, 7) is 16.0. The van der Waals surface area contributed by atoms with E-state index in [0.717, 1.165) is 35.5 Å². The maximum atomic E-state index is 12.9. The molecule has 84 heavy (non-hydrogen) atoms. The van der Waals surface area contributed by atoms with Crippen LogP contribution in [0.5, 0.6) is 0 Å². The topological polar surface area (TPSA) is 193 Å². The molecular formula is C66H122N2O16. The van der Waals surface area contributed by atoms with E-state index in [-0.39, 0.29) is 85.3 Å². The van der Waals surface area contributed by atoms with Gasteiger partial charge in [0.2, 0.25) is 0 Å². The van der Waals surface area contributed by atoms with E-state index in [1.54, 1.807) is 41.5 Å². The largest absolute Gasteiger partial charge is 0.462 e. The molecule has 0 aliphatic rings. The minimum Gasteiger partial charge on any atom is -0.462 e. The molecule has 18 nitrogen and oxygen atoms in total. The van der Waals surface area contributed by atoms with Crippen LogP contribution in [0.15, 0.2) is 24.3 Å². The summed E-state index contributed by atoms with van der Waals surface area (Å²) in [5.74, 6) is -1.95. The molecule has 0 heterocycles. The summed E-state index contributed by atoms with van der Waals surface area (Å²) < 4.78 is 60.8. The van der Waals surface area contributed by atoms with E-state index < -0.39 is 54.4 Å². The second-order valence-corrected chi connectivity index (χ2v) is 23.6. The average Bonchev–Trinajstić information content (AvgIpc) is 3.60. The van der Waals surface area contributed by atoms with Crippen LogP contribution in [-0.4, -0.2) is 176 Å². The van der Waals surface area contributed by atoms with E-state index in [1.165, 1.54) is 161 Å². The van der Waals surface area contributed by atoms with Crippen molar-refractivity contribution < 1.29 is 76.1 Å². The van der Waals surface area contributed by atoms with Gasteiger partial charge >= 0.3 is 30.1 Å². The maximum absolute atomic E-state index is 12.9. The van der Waals surface area contributed by atoms with E-state index in [2.05, 4.69) is 38.2 Å². The molecule has 2 amide bonds. The molecule has 0 saturated heterocycles. The van der Waals surface area contributed by atoms with Gasteiger partial charge in [0.05, 0.1) is 52.8 Å². The highest BCUT2D eigenvalue weighted by Gasteiger charge is 2.27. The molecule has 492 valence electrons. The van der Waals surface area contributed by atoms with Crippen molar-refractivity contribution in [1.82, 2.24) is 9.80 Å². The van der Waals surface area contributed by atoms with E-state index in [4.69, 9.17) is 52.1 Å². The molecule has 0 radical (unpaired) electrons. The second kappa shape index (κ2) is 57.0. The number of methoxy groups -OCH3 is 1. The molecule has 0 fully saturated rings. The van der Waals surface area contributed by atoms with Crippen LogP contribution in [0.3, 0.4) is 0 Å². The Kier molecular flexibility index (Phi) is 54.4. The van der Waals surface area contributed by atoms with Crippen molar-refractivity contribution in [2.24, 2.45) is 0 Å². The molecule has 0 aliphatic carbocycles. The van der Waals surface area contributed by atoms with E-state index >= 15 is 0 Å². The summed E-state index contributed by atoms with van der Waals surface area (Å²) >= 11 is 0. The van der Waals surface area contributed by atoms with Crippen LogP contribution in [0.1, 0.15) is 235 Å². The van der Waals surface area contributed by atoms with Crippen molar-refractivity contribution in [3.05, 3.63) is 24.3 Å². The SMILES string of the molecule is CCCCCCCC/C=C\CCCCCCCCOCC(COC(=O)COCCOCCOCCOC(=O)CN(CCOC(=O)CN(CCOC)C(=O)OC(C)(C)C)C(=O)OC(C)(C)C)OCCCCCCCC/C=C\CCCCCCCC. The van der Waals surface area contributed by atoms with E-state index in [1.807, 2.05) is 0 Å². The molecule has 0 aromatic heterocycles. The van der Waals surface area contributed by atoms with Gasteiger partial charge in [-0.3, -0.25) is 19.4 Å². The smallest absolute Gasteiger partial charge is 0.410 e. The average molecular weight is 1200 g/mol. The number of nitrogens with zero attached hydrogens (tertiary/aromatic N) is 2. The minimum absolute atomic E-state index is 0.0734. The van der Waals surface area contributed by atoms with Crippen LogP contribution in [-0.2, 0) is 66.5 Å². The van der Waals surface area contributed by atoms with Crippen molar-refractivity contribution in [2.45, 2.75) is 252 Å². The third-order valence-corrected chi connectivity index (χ3v) is 13.1. The van der Waals surface area contributed by atoms with Crippen LogP contribution >= 0.6 is 0 Å². The van der Waals surface area contributed by atoms with E-state index in [0.29, 0.717) is 19.8 Å². The van der Waals surface area contributed by atoms with Crippen LogP contribution in [0, 0.1) is 0 Å². The van der Waals surface area contributed by atoms with Crippen molar-refractivity contribution in [2.75, 3.05) is 119 Å². The fraction of sp³-hybridized carbons (Fsp3) is 0.864. The molecule has 1 unspecified atom stereocenters. The Morgan fingerprint density at radius 1 is 0.381 bits per heavy atom. The van der Waals surface area contributed by atoms with Gasteiger partial charge in [-0.25, -0.2) is 14.4 Å². The Labute approximate surface area is 510 Å². The molecule has 0 spiro atoms. The number of allylic oxidation sites excluding steroid dienone is 4. The molecule has 0 aliphatic heterocycles. The standard InChI is InChI=1S/C66H122N2O16/c1-10-12-14-16-18-20-22-24-26-28-30-32-34-36-38-40-44-77-56-59(79-45-41-39-37-35-33-31-29-27-25-23-21-19-17-15-13-11-2)57-82-62(71)58-78-51-50-75-48-49-76-52-53-81-61(70)55-68(64(73)84-66(6,7)8)43-47-80-60(69)54-67(42-46-74-9)63(72)83-65(3,4)5/h24-27,59H,10-23,28-58H2,1-9H3/b26-24-,27-25-. The van der Waals surface area contributed by atoms with Gasteiger partial charge in [-0.1, -0.05) is 154 Å². The lowest BCUT2D eigenvalue weighted by Crippen LogP contribution is -2.43. The molecule has 18 heteroatoms. The highest BCUT2D eigenvalue weighted by atomic mass is 16.6. The zero-order valence-electron chi connectivity index (χ0n) is 54.6. The van der Waals surface area contributed by atoms with Crippen molar-refractivity contribution in [3.8, 4) is 0 Å². The van der Waals surface area contributed by atoms with Gasteiger partial charge in [-0.15, -0.1) is 0 Å². The zero-order chi connectivity index (χ0) is 62.0. The molecule has 0 bridgehead atoms. The predicted molar refractivity (Wildman–Crippen MR) is 332 cm³/mol. The van der Waals surface area contributed by atoms with Crippen LogP contribution in [0.25, 0.3) is 0 Å². The quantitative estimate of drug-likeness (QED) is 0.0241. The second-order valence-electron chi connectivity index (χ2n) is 23.6. The van der Waals surface area contributed by atoms with Crippen LogP contribution in [0.4, 0.5) is 9.59 Å². The first kappa shape index (κ1) is 80.2. The lowest BCUT2D eigenvalue weighted by atomic mass is 10.1. The number of amides is 2. The van der Waals surface area contributed by atoms with Gasteiger partial charge in [0.25, 0.3) is 0 Å². The van der Waals surface area contributed by atoms with Crippen molar-refractivity contribution in [3.63, 3.8) is 0 Å². The molecule has 0 rings (SSSR count). The third kappa shape index (κ3) is 57.3. The molecule has 1 atom stereocenters. The van der Waals surface area contributed by atoms with Gasteiger partial charge in [-0.2, -0.15) is 0 Å². The van der Waals surface area contributed by atoms with Gasteiger partial charge < -0.3 is 52.1 Å². The molecule has 0 saturated carbocycles. The number of carbonyl (C=O) groups excluding carboxylic acids is 5. The number of ether oxygens (including phenoxy) is 11. The van der Waals surface area contributed by atoms with Gasteiger partial charge in [-0.05, 0) is 106 Å². The van der Waals surface area contributed by atoms with Crippen molar-refractivity contribution in [1.29, 1.82) is 0 Å². The monoisotopic (exact) mass is 1200 g/mol. The number of unbranched alkanes of at least 4 members (excludes halogenated alkanes) is 24. The minimum atomic E-state index is -0.859. The molecule has 0 aromatic carbocycles. The maximum Gasteiger partial charge on any atom is 0.410 e. The Morgan fingerprint density at radius 3 is 1.20 bits per heavy atom. The highest BCUT2D eigenvalue weighted by molar-refractivity contribution is 5.79. The van der Waals surface area contributed by atoms with Crippen LogP contribution < -0.4 is 0 Å².